The van der Waals surface area contributed by atoms with Crippen molar-refractivity contribution < 1.29 is 0 Å². The van der Waals surface area contributed by atoms with Gasteiger partial charge in [-0.2, -0.15) is 0 Å². The first kappa shape index (κ1) is 16.8. The van der Waals surface area contributed by atoms with Gasteiger partial charge < -0.3 is 0 Å². The minimum absolute atomic E-state index is 0.744. The predicted octanol–water partition coefficient (Wildman–Crippen LogP) is 6.99. The Labute approximate surface area is 168 Å². The predicted molar refractivity (Wildman–Crippen MR) is 117 cm³/mol. The summed E-state index contributed by atoms with van der Waals surface area (Å²) in [5.74, 6) is 0. The zero-order valence-electron chi connectivity index (χ0n) is 15.1. The van der Waals surface area contributed by atoms with Gasteiger partial charge in [0.05, 0.1) is 11.4 Å². The lowest BCUT2D eigenvalue weighted by atomic mass is 10.0. The summed E-state index contributed by atoms with van der Waals surface area (Å²) in [4.78, 5) is 4.92. The minimum Gasteiger partial charge on any atom is -0.299 e. The second-order valence-electron chi connectivity index (χ2n) is 6.69. The van der Waals surface area contributed by atoms with E-state index in [2.05, 4.69) is 65.2 Å². The molecular formula is C25H17ClN2. The van der Waals surface area contributed by atoms with Crippen molar-refractivity contribution in [3.8, 4) is 33.6 Å². The zero-order chi connectivity index (χ0) is 18.9. The number of fused-ring (bicyclic) bond motifs is 1. The van der Waals surface area contributed by atoms with Gasteiger partial charge in [0.25, 0.3) is 0 Å². The number of rotatable bonds is 3. The second-order valence-corrected chi connectivity index (χ2v) is 7.13. The molecule has 0 saturated heterocycles. The van der Waals surface area contributed by atoms with Crippen molar-refractivity contribution in [3.05, 3.63) is 108 Å². The molecule has 0 aliphatic heterocycles. The number of hydrogen-bond donors (Lipinski definition) is 0. The van der Waals surface area contributed by atoms with E-state index in [9.17, 15) is 0 Å². The molecule has 134 valence electrons. The Hall–Kier alpha value is -3.36. The fraction of sp³-hybridized carbons (Fsp3) is 0. The highest BCUT2D eigenvalue weighted by Gasteiger charge is 2.15. The van der Waals surface area contributed by atoms with Crippen LogP contribution in [0.4, 0.5) is 0 Å². The lowest BCUT2D eigenvalue weighted by Crippen LogP contribution is -1.89. The van der Waals surface area contributed by atoms with Crippen LogP contribution < -0.4 is 0 Å². The molecule has 5 rings (SSSR count). The highest BCUT2D eigenvalue weighted by atomic mass is 35.5. The molecular weight excluding hydrogens is 364 g/mol. The fourth-order valence-corrected chi connectivity index (χ4v) is 3.75. The number of halogens is 1. The molecule has 0 fully saturated rings. The van der Waals surface area contributed by atoms with Crippen LogP contribution in [-0.4, -0.2) is 9.38 Å². The van der Waals surface area contributed by atoms with Crippen molar-refractivity contribution in [1.82, 2.24) is 9.38 Å². The number of imidazole rings is 1. The molecule has 0 atom stereocenters. The van der Waals surface area contributed by atoms with E-state index in [1.54, 1.807) is 0 Å². The van der Waals surface area contributed by atoms with Gasteiger partial charge in [0.1, 0.15) is 5.65 Å². The zero-order valence-corrected chi connectivity index (χ0v) is 15.8. The van der Waals surface area contributed by atoms with Gasteiger partial charge in [0.15, 0.2) is 0 Å². The van der Waals surface area contributed by atoms with Gasteiger partial charge in [-0.1, -0.05) is 84.4 Å². The minimum atomic E-state index is 0.744. The lowest BCUT2D eigenvalue weighted by Gasteiger charge is -2.07. The summed E-state index contributed by atoms with van der Waals surface area (Å²) in [6.07, 6.45) is 2.06. The van der Waals surface area contributed by atoms with Gasteiger partial charge in [0.2, 0.25) is 0 Å². The van der Waals surface area contributed by atoms with Gasteiger partial charge in [0, 0.05) is 22.3 Å². The van der Waals surface area contributed by atoms with Crippen molar-refractivity contribution >= 4 is 17.2 Å². The van der Waals surface area contributed by atoms with Crippen LogP contribution in [0.25, 0.3) is 39.3 Å². The molecule has 0 spiro atoms. The van der Waals surface area contributed by atoms with E-state index in [4.69, 9.17) is 16.6 Å². The Balaban J connectivity index is 1.65. The Morgan fingerprint density at radius 3 is 2.11 bits per heavy atom. The van der Waals surface area contributed by atoms with Crippen molar-refractivity contribution in [2.24, 2.45) is 0 Å². The third-order valence-electron chi connectivity index (χ3n) is 4.89. The van der Waals surface area contributed by atoms with Crippen molar-refractivity contribution in [2.75, 3.05) is 0 Å². The first-order chi connectivity index (χ1) is 13.8. The molecule has 0 unspecified atom stereocenters. The van der Waals surface area contributed by atoms with Crippen LogP contribution in [0.5, 0.6) is 0 Å². The Morgan fingerprint density at radius 2 is 1.32 bits per heavy atom. The third kappa shape index (κ3) is 2.98. The molecule has 5 aromatic rings. The van der Waals surface area contributed by atoms with Crippen molar-refractivity contribution in [2.45, 2.75) is 0 Å². The summed E-state index contributed by atoms with van der Waals surface area (Å²) in [7, 11) is 0. The maximum absolute atomic E-state index is 6.14. The van der Waals surface area contributed by atoms with Gasteiger partial charge in [-0.05, 0) is 35.4 Å². The Morgan fingerprint density at radius 1 is 0.607 bits per heavy atom. The van der Waals surface area contributed by atoms with Gasteiger partial charge in [-0.25, -0.2) is 4.98 Å². The first-order valence-corrected chi connectivity index (χ1v) is 9.56. The molecule has 0 aliphatic carbocycles. The monoisotopic (exact) mass is 380 g/mol. The van der Waals surface area contributed by atoms with E-state index in [1.165, 1.54) is 0 Å². The molecule has 3 aromatic carbocycles. The summed E-state index contributed by atoms with van der Waals surface area (Å²) < 4.78 is 2.15. The number of benzene rings is 3. The lowest BCUT2D eigenvalue weighted by molar-refractivity contribution is 1.19. The first-order valence-electron chi connectivity index (χ1n) is 9.18. The van der Waals surface area contributed by atoms with Crippen molar-refractivity contribution in [3.63, 3.8) is 0 Å². The molecule has 3 heteroatoms. The SMILES string of the molecule is Clc1cccc(-c2ccc(-c3nc4ccccn4c3-c3ccccc3)cc2)c1. The molecule has 0 saturated carbocycles. The van der Waals surface area contributed by atoms with Crippen LogP contribution >= 0.6 is 11.6 Å². The average Bonchev–Trinajstić information content (AvgIpc) is 3.14. The van der Waals surface area contributed by atoms with E-state index in [-0.39, 0.29) is 0 Å². The third-order valence-corrected chi connectivity index (χ3v) is 5.13. The summed E-state index contributed by atoms with van der Waals surface area (Å²) in [5.41, 5.74) is 7.51. The van der Waals surface area contributed by atoms with Gasteiger partial charge >= 0.3 is 0 Å². The number of aromatic nitrogens is 2. The average molecular weight is 381 g/mol. The van der Waals surface area contributed by atoms with Crippen LogP contribution in [-0.2, 0) is 0 Å². The molecule has 2 nitrogen and oxygen atoms in total. The normalized spacial score (nSPS) is 11.0. The second kappa shape index (κ2) is 6.99. The van der Waals surface area contributed by atoms with Crippen LogP contribution in [0.3, 0.4) is 0 Å². The van der Waals surface area contributed by atoms with E-state index in [1.807, 2.05) is 42.5 Å². The highest BCUT2D eigenvalue weighted by Crippen LogP contribution is 2.34. The van der Waals surface area contributed by atoms with Gasteiger partial charge in [-0.15, -0.1) is 0 Å². The molecule has 2 heterocycles. The van der Waals surface area contributed by atoms with E-state index >= 15 is 0 Å². The summed E-state index contributed by atoms with van der Waals surface area (Å²) in [6, 6.07) is 32.9. The number of pyridine rings is 1. The largest absolute Gasteiger partial charge is 0.299 e. The molecule has 0 radical (unpaired) electrons. The molecule has 0 N–H and O–H groups in total. The Bertz CT molecular complexity index is 1250. The molecule has 2 aromatic heterocycles. The van der Waals surface area contributed by atoms with Crippen LogP contribution in [0.1, 0.15) is 0 Å². The smallest absolute Gasteiger partial charge is 0.137 e. The molecule has 28 heavy (non-hydrogen) atoms. The number of hydrogen-bond acceptors (Lipinski definition) is 1. The molecule has 0 aliphatic rings. The summed E-state index contributed by atoms with van der Waals surface area (Å²) in [6.45, 7) is 0. The summed E-state index contributed by atoms with van der Waals surface area (Å²) >= 11 is 6.14. The standard InChI is InChI=1S/C25H17ClN2/c26-22-10-6-9-21(17-22)18-12-14-19(15-13-18)24-25(20-7-2-1-3-8-20)28-16-5-4-11-23(28)27-24/h1-17H. The molecule has 0 bridgehead atoms. The van der Waals surface area contributed by atoms with E-state index in [0.717, 1.165) is 44.3 Å². The Kier molecular flexibility index (Phi) is 4.19. The maximum Gasteiger partial charge on any atom is 0.137 e. The fourth-order valence-electron chi connectivity index (χ4n) is 3.56. The molecule has 0 amide bonds. The van der Waals surface area contributed by atoms with Crippen LogP contribution in [0.15, 0.2) is 103 Å². The van der Waals surface area contributed by atoms with Crippen LogP contribution in [0.2, 0.25) is 5.02 Å². The van der Waals surface area contributed by atoms with Crippen molar-refractivity contribution in [1.29, 1.82) is 0 Å². The topological polar surface area (TPSA) is 17.3 Å². The number of nitrogens with zero attached hydrogens (tertiary/aromatic N) is 2. The highest BCUT2D eigenvalue weighted by molar-refractivity contribution is 6.30. The van der Waals surface area contributed by atoms with E-state index in [0.29, 0.717) is 0 Å². The quantitative estimate of drug-likeness (QED) is 0.329. The maximum atomic E-state index is 6.14. The van der Waals surface area contributed by atoms with E-state index < -0.39 is 0 Å². The van der Waals surface area contributed by atoms with Gasteiger partial charge in [-0.3, -0.25) is 4.40 Å². The summed E-state index contributed by atoms with van der Waals surface area (Å²) in [5, 5.41) is 0.744. The van der Waals surface area contributed by atoms with Crippen LogP contribution in [0, 0.1) is 0 Å².